The topological polar surface area (TPSA) is 57.2 Å². The number of nitrogens with one attached hydrogen (secondary N) is 1. The largest absolute Gasteiger partial charge is 0.494 e. The quantitative estimate of drug-likeness (QED) is 0.249. The molecule has 7 heteroatoms. The molecule has 1 N–H and O–H groups in total. The van der Waals surface area contributed by atoms with E-state index in [1.807, 2.05) is 19.1 Å². The molecular weight excluding hydrogens is 479 g/mol. The summed E-state index contributed by atoms with van der Waals surface area (Å²) in [7, 11) is 3.52. The highest BCUT2D eigenvalue weighted by molar-refractivity contribution is 14.0. The number of rotatable bonds is 8. The van der Waals surface area contributed by atoms with E-state index >= 15 is 0 Å². The smallest absolute Gasteiger partial charge is 0.243 e. The molecule has 1 amide bonds. The van der Waals surface area contributed by atoms with Crippen molar-refractivity contribution in [1.82, 2.24) is 15.1 Å². The van der Waals surface area contributed by atoms with Gasteiger partial charge in [-0.3, -0.25) is 4.79 Å². The van der Waals surface area contributed by atoms with Crippen LogP contribution >= 0.6 is 24.0 Å². The van der Waals surface area contributed by atoms with Crippen LogP contribution in [0.4, 0.5) is 0 Å². The molecule has 6 nitrogen and oxygen atoms in total. The number of guanidine groups is 1. The molecular formula is C22H35IN4O2. The molecule has 2 rings (SSSR count). The zero-order valence-electron chi connectivity index (χ0n) is 18.1. The maximum absolute atomic E-state index is 11.9. The van der Waals surface area contributed by atoms with Gasteiger partial charge in [0.1, 0.15) is 12.3 Å². The molecule has 0 bridgehead atoms. The zero-order chi connectivity index (χ0) is 20.4. The summed E-state index contributed by atoms with van der Waals surface area (Å²) in [6.45, 7) is 7.56. The number of aliphatic imine (C=N–C) groups is 1. The van der Waals surface area contributed by atoms with E-state index in [9.17, 15) is 4.79 Å². The standard InChI is InChI=1S/C22H34N4O2.HI/c1-5-7-14-23-22(24-17-21(27)25(3)4)26-15-12-19(13-16-26)18-8-10-20(11-9-18)28-6-2;/h8-12H,5-7,13-17H2,1-4H3,(H,23,24);1H. The first-order valence-corrected chi connectivity index (χ1v) is 10.2. The van der Waals surface area contributed by atoms with Gasteiger partial charge >= 0.3 is 0 Å². The first kappa shape index (κ1) is 25.3. The van der Waals surface area contributed by atoms with Crippen molar-refractivity contribution in [3.05, 3.63) is 35.9 Å². The lowest BCUT2D eigenvalue weighted by Gasteiger charge is -2.30. The van der Waals surface area contributed by atoms with Crippen molar-refractivity contribution in [3.63, 3.8) is 0 Å². The molecule has 1 aromatic carbocycles. The molecule has 29 heavy (non-hydrogen) atoms. The summed E-state index contributed by atoms with van der Waals surface area (Å²) in [4.78, 5) is 20.3. The summed E-state index contributed by atoms with van der Waals surface area (Å²) >= 11 is 0. The van der Waals surface area contributed by atoms with E-state index in [1.54, 1.807) is 19.0 Å². The van der Waals surface area contributed by atoms with Crippen LogP contribution in [0.2, 0.25) is 0 Å². The number of hydrogen-bond acceptors (Lipinski definition) is 3. The van der Waals surface area contributed by atoms with Gasteiger partial charge < -0.3 is 19.9 Å². The minimum absolute atomic E-state index is 0. The first-order chi connectivity index (χ1) is 13.5. The van der Waals surface area contributed by atoms with Crippen LogP contribution in [0.5, 0.6) is 5.75 Å². The van der Waals surface area contributed by atoms with Crippen LogP contribution in [0.3, 0.4) is 0 Å². The van der Waals surface area contributed by atoms with E-state index in [0.29, 0.717) is 6.61 Å². The van der Waals surface area contributed by atoms with Crippen molar-refractivity contribution in [2.24, 2.45) is 4.99 Å². The normalized spacial score (nSPS) is 14.0. The Morgan fingerprint density at radius 2 is 1.97 bits per heavy atom. The molecule has 0 saturated carbocycles. The van der Waals surface area contributed by atoms with E-state index in [0.717, 1.165) is 50.6 Å². The lowest BCUT2D eigenvalue weighted by atomic mass is 9.99. The number of carbonyl (C=O) groups is 1. The van der Waals surface area contributed by atoms with Gasteiger partial charge in [0.25, 0.3) is 0 Å². The number of carbonyl (C=O) groups excluding carboxylic acids is 1. The maximum atomic E-state index is 11.9. The molecule has 0 unspecified atom stereocenters. The van der Waals surface area contributed by atoms with Crippen molar-refractivity contribution >= 4 is 41.4 Å². The van der Waals surface area contributed by atoms with Crippen LogP contribution < -0.4 is 10.1 Å². The minimum atomic E-state index is 0. The molecule has 0 aliphatic carbocycles. The Balaban J connectivity index is 0.00000420. The van der Waals surface area contributed by atoms with E-state index in [2.05, 4.69) is 40.3 Å². The molecule has 162 valence electrons. The summed E-state index contributed by atoms with van der Waals surface area (Å²) in [5.74, 6) is 1.74. The van der Waals surface area contributed by atoms with E-state index in [1.165, 1.54) is 11.1 Å². The number of nitrogens with zero attached hydrogens (tertiary/aromatic N) is 3. The zero-order valence-corrected chi connectivity index (χ0v) is 20.4. The summed E-state index contributed by atoms with van der Waals surface area (Å²) in [5, 5.41) is 3.42. The summed E-state index contributed by atoms with van der Waals surface area (Å²) < 4.78 is 5.52. The molecule has 0 fully saturated rings. The second-order valence-electron chi connectivity index (χ2n) is 7.09. The monoisotopic (exact) mass is 514 g/mol. The van der Waals surface area contributed by atoms with Gasteiger partial charge in [0.05, 0.1) is 6.61 Å². The van der Waals surface area contributed by atoms with Crippen molar-refractivity contribution in [3.8, 4) is 5.75 Å². The Morgan fingerprint density at radius 3 is 2.52 bits per heavy atom. The highest BCUT2D eigenvalue weighted by atomic mass is 127. The van der Waals surface area contributed by atoms with Gasteiger partial charge in [0.15, 0.2) is 5.96 Å². The fourth-order valence-electron chi connectivity index (χ4n) is 2.98. The highest BCUT2D eigenvalue weighted by Crippen LogP contribution is 2.24. The average molecular weight is 514 g/mol. The molecule has 0 aromatic heterocycles. The molecule has 1 heterocycles. The third-order valence-corrected chi connectivity index (χ3v) is 4.72. The molecule has 1 aliphatic heterocycles. The predicted molar refractivity (Wildman–Crippen MR) is 131 cm³/mol. The van der Waals surface area contributed by atoms with Gasteiger partial charge in [0.2, 0.25) is 5.91 Å². The van der Waals surface area contributed by atoms with Crippen molar-refractivity contribution in [2.75, 3.05) is 46.9 Å². The number of halogens is 1. The average Bonchev–Trinajstić information content (AvgIpc) is 2.71. The van der Waals surface area contributed by atoms with Crippen molar-refractivity contribution in [1.29, 1.82) is 0 Å². The van der Waals surface area contributed by atoms with E-state index in [-0.39, 0.29) is 36.4 Å². The number of likely N-dealkylation sites (N-methyl/N-ethyl adjacent to an activating group) is 1. The number of hydrogen-bond donors (Lipinski definition) is 1. The van der Waals surface area contributed by atoms with Gasteiger partial charge in [-0.2, -0.15) is 0 Å². The second kappa shape index (κ2) is 13.5. The van der Waals surface area contributed by atoms with Crippen LogP contribution in [0.25, 0.3) is 5.57 Å². The van der Waals surface area contributed by atoms with Gasteiger partial charge in [-0.1, -0.05) is 31.6 Å². The van der Waals surface area contributed by atoms with E-state index < -0.39 is 0 Å². The number of amides is 1. The van der Waals surface area contributed by atoms with Crippen LogP contribution in [0, 0.1) is 0 Å². The van der Waals surface area contributed by atoms with Gasteiger partial charge in [-0.25, -0.2) is 4.99 Å². The molecule has 0 saturated heterocycles. The summed E-state index contributed by atoms with van der Waals surface area (Å²) in [6.07, 6.45) is 5.41. The molecule has 0 atom stereocenters. The van der Waals surface area contributed by atoms with Gasteiger partial charge in [0, 0.05) is 33.7 Å². The Bertz CT molecular complexity index is 687. The maximum Gasteiger partial charge on any atom is 0.243 e. The number of ether oxygens (including phenoxy) is 1. The Hall–Kier alpha value is -1.77. The molecule has 0 radical (unpaired) electrons. The fourth-order valence-corrected chi connectivity index (χ4v) is 2.98. The fraction of sp³-hybridized carbons (Fsp3) is 0.545. The van der Waals surface area contributed by atoms with Gasteiger partial charge in [-0.05, 0) is 43.0 Å². The third-order valence-electron chi connectivity index (χ3n) is 4.72. The van der Waals surface area contributed by atoms with Crippen molar-refractivity contribution in [2.45, 2.75) is 33.1 Å². The van der Waals surface area contributed by atoms with Crippen LogP contribution in [-0.4, -0.2) is 68.5 Å². The minimum Gasteiger partial charge on any atom is -0.494 e. The van der Waals surface area contributed by atoms with Crippen LogP contribution in [0.1, 0.15) is 38.7 Å². The van der Waals surface area contributed by atoms with Crippen LogP contribution in [-0.2, 0) is 4.79 Å². The van der Waals surface area contributed by atoms with Crippen LogP contribution in [0.15, 0.2) is 35.3 Å². The second-order valence-corrected chi connectivity index (χ2v) is 7.09. The van der Waals surface area contributed by atoms with Crippen molar-refractivity contribution < 1.29 is 9.53 Å². The highest BCUT2D eigenvalue weighted by Gasteiger charge is 2.17. The first-order valence-electron chi connectivity index (χ1n) is 10.2. The number of benzene rings is 1. The van der Waals surface area contributed by atoms with Gasteiger partial charge in [-0.15, -0.1) is 24.0 Å². The SMILES string of the molecule is CCCCNC(=NCC(=O)N(C)C)N1CC=C(c2ccc(OCC)cc2)CC1.I. The molecule has 0 spiro atoms. The third kappa shape index (κ3) is 8.24. The Labute approximate surface area is 192 Å². The summed E-state index contributed by atoms with van der Waals surface area (Å²) in [6, 6.07) is 8.30. The lowest BCUT2D eigenvalue weighted by Crippen LogP contribution is -2.44. The molecule has 1 aromatic rings. The number of unbranched alkanes of at least 4 members (excludes halogenated alkanes) is 1. The lowest BCUT2D eigenvalue weighted by molar-refractivity contribution is -0.127. The predicted octanol–water partition coefficient (Wildman–Crippen LogP) is 3.63. The van der Waals surface area contributed by atoms with E-state index in [4.69, 9.17) is 4.74 Å². The Kier molecular flexibility index (Phi) is 11.7. The Morgan fingerprint density at radius 1 is 1.24 bits per heavy atom. The summed E-state index contributed by atoms with van der Waals surface area (Å²) in [5.41, 5.74) is 2.58. The molecule has 1 aliphatic rings.